The number of nitrogens with one attached hydrogen (secondary N) is 1. The van der Waals surface area contributed by atoms with E-state index in [9.17, 15) is 5.11 Å². The van der Waals surface area contributed by atoms with E-state index in [-0.39, 0.29) is 18.7 Å². The van der Waals surface area contributed by atoms with Crippen molar-refractivity contribution >= 4 is 17.3 Å². The lowest BCUT2D eigenvalue weighted by molar-refractivity contribution is 0.247. The molecular formula is C24H28N4OS. The Hall–Kier alpha value is -2.70. The van der Waals surface area contributed by atoms with Gasteiger partial charge >= 0.3 is 0 Å². The number of aliphatic hydroxyl groups excluding tert-OH is 1. The number of aliphatic hydroxyl groups is 1. The van der Waals surface area contributed by atoms with E-state index in [1.54, 1.807) is 0 Å². The van der Waals surface area contributed by atoms with Crippen molar-refractivity contribution in [1.29, 1.82) is 0 Å². The lowest BCUT2D eigenvalue weighted by Gasteiger charge is -2.28. The summed E-state index contributed by atoms with van der Waals surface area (Å²) < 4.78 is 2.30. The third-order valence-electron chi connectivity index (χ3n) is 5.84. The van der Waals surface area contributed by atoms with Crippen molar-refractivity contribution in [2.45, 2.75) is 39.3 Å². The minimum atomic E-state index is -0.0376. The zero-order valence-electron chi connectivity index (χ0n) is 17.7. The molecule has 0 bridgehead atoms. The van der Waals surface area contributed by atoms with Crippen LogP contribution in [0.3, 0.4) is 0 Å². The number of aromatic nitrogens is 2. The van der Waals surface area contributed by atoms with Crippen molar-refractivity contribution in [3.8, 4) is 5.69 Å². The molecule has 0 aliphatic carbocycles. The minimum Gasteiger partial charge on any atom is -0.396 e. The molecule has 1 saturated heterocycles. The van der Waals surface area contributed by atoms with Gasteiger partial charge in [-0.2, -0.15) is 0 Å². The van der Waals surface area contributed by atoms with E-state index in [1.165, 1.54) is 22.5 Å². The van der Waals surface area contributed by atoms with Crippen LogP contribution in [0.15, 0.2) is 54.7 Å². The number of rotatable bonds is 6. The third-order valence-corrected chi connectivity index (χ3v) is 6.19. The summed E-state index contributed by atoms with van der Waals surface area (Å²) in [5.41, 5.74) is 6.99. The zero-order chi connectivity index (χ0) is 21.3. The zero-order valence-corrected chi connectivity index (χ0v) is 18.5. The van der Waals surface area contributed by atoms with Gasteiger partial charge in [0.25, 0.3) is 0 Å². The van der Waals surface area contributed by atoms with Crippen molar-refractivity contribution in [3.05, 3.63) is 82.9 Å². The Kier molecular flexibility index (Phi) is 5.88. The van der Waals surface area contributed by atoms with Gasteiger partial charge in [-0.25, -0.2) is 0 Å². The molecule has 0 radical (unpaired) electrons. The molecule has 30 heavy (non-hydrogen) atoms. The second kappa shape index (κ2) is 8.58. The summed E-state index contributed by atoms with van der Waals surface area (Å²) in [7, 11) is 0. The summed E-state index contributed by atoms with van der Waals surface area (Å²) in [4.78, 5) is 6.81. The van der Waals surface area contributed by atoms with Gasteiger partial charge in [0.2, 0.25) is 0 Å². The lowest BCUT2D eigenvalue weighted by atomic mass is 9.96. The second-order valence-electron chi connectivity index (χ2n) is 7.89. The highest BCUT2D eigenvalue weighted by Gasteiger charge is 2.41. The molecular weight excluding hydrogens is 392 g/mol. The fourth-order valence-electron chi connectivity index (χ4n) is 4.40. The Morgan fingerprint density at radius 2 is 1.87 bits per heavy atom. The predicted octanol–water partition coefficient (Wildman–Crippen LogP) is 4.15. The molecule has 5 nitrogen and oxygen atoms in total. The molecule has 4 rings (SSSR count). The normalized spacial score (nSPS) is 18.7. The van der Waals surface area contributed by atoms with Gasteiger partial charge in [-0.3, -0.25) is 4.98 Å². The number of nitrogens with zero attached hydrogens (tertiary/aromatic N) is 3. The smallest absolute Gasteiger partial charge is 0.170 e. The fourth-order valence-corrected chi connectivity index (χ4v) is 4.74. The molecule has 156 valence electrons. The van der Waals surface area contributed by atoms with Crippen molar-refractivity contribution in [2.75, 3.05) is 13.2 Å². The maximum atomic E-state index is 9.42. The van der Waals surface area contributed by atoms with E-state index < -0.39 is 0 Å². The molecule has 0 saturated carbocycles. The Morgan fingerprint density at radius 3 is 2.53 bits per heavy atom. The summed E-state index contributed by atoms with van der Waals surface area (Å²) in [5, 5.41) is 13.6. The molecule has 3 heterocycles. The van der Waals surface area contributed by atoms with Crippen molar-refractivity contribution in [2.24, 2.45) is 0 Å². The number of thiocarbonyl (C=S) groups is 1. The number of hydrogen-bond donors (Lipinski definition) is 2. The predicted molar refractivity (Wildman–Crippen MR) is 124 cm³/mol. The number of pyridine rings is 1. The van der Waals surface area contributed by atoms with Crippen LogP contribution in [-0.4, -0.2) is 37.8 Å². The second-order valence-corrected chi connectivity index (χ2v) is 8.28. The molecule has 2 aromatic heterocycles. The van der Waals surface area contributed by atoms with E-state index in [1.807, 2.05) is 24.4 Å². The van der Waals surface area contributed by atoms with Gasteiger partial charge in [0, 0.05) is 36.4 Å². The summed E-state index contributed by atoms with van der Waals surface area (Å²) in [6.45, 7) is 7.26. The maximum absolute atomic E-state index is 9.42. The van der Waals surface area contributed by atoms with Crippen LogP contribution in [0.25, 0.3) is 5.69 Å². The Balaban J connectivity index is 1.81. The van der Waals surface area contributed by atoms with Gasteiger partial charge in [-0.15, -0.1) is 0 Å². The first kappa shape index (κ1) is 20.6. The summed E-state index contributed by atoms with van der Waals surface area (Å²) >= 11 is 5.70. The third kappa shape index (κ3) is 3.73. The first-order valence-corrected chi connectivity index (χ1v) is 10.8. The van der Waals surface area contributed by atoms with Gasteiger partial charge in [0.1, 0.15) is 0 Å². The van der Waals surface area contributed by atoms with Gasteiger partial charge in [-0.05, 0) is 75.3 Å². The van der Waals surface area contributed by atoms with Gasteiger partial charge < -0.3 is 19.9 Å². The molecule has 0 unspecified atom stereocenters. The highest BCUT2D eigenvalue weighted by molar-refractivity contribution is 7.80. The number of hydrogen-bond acceptors (Lipinski definition) is 3. The summed E-state index contributed by atoms with van der Waals surface area (Å²) in [6, 6.07) is 16.8. The van der Waals surface area contributed by atoms with Crippen molar-refractivity contribution in [1.82, 2.24) is 19.8 Å². The molecule has 1 aliphatic heterocycles. The van der Waals surface area contributed by atoms with Gasteiger partial charge in [-0.1, -0.05) is 23.8 Å². The number of aryl methyl sites for hydroxylation is 2. The quantitative estimate of drug-likeness (QED) is 0.587. The first-order valence-electron chi connectivity index (χ1n) is 10.4. The van der Waals surface area contributed by atoms with Crippen LogP contribution in [0.4, 0.5) is 0 Å². The molecule has 6 heteroatoms. The van der Waals surface area contributed by atoms with Gasteiger partial charge in [0.15, 0.2) is 5.11 Å². The molecule has 1 fully saturated rings. The topological polar surface area (TPSA) is 53.3 Å². The van der Waals surface area contributed by atoms with Crippen LogP contribution in [-0.2, 0) is 0 Å². The SMILES string of the molecule is Cc1ccc(-n2c(C)cc([C@@H]3[C@@H](c4ccccn4)NC(=S)N3CCCO)c2C)cc1. The molecule has 0 amide bonds. The van der Waals surface area contributed by atoms with E-state index >= 15 is 0 Å². The Labute approximate surface area is 183 Å². The van der Waals surface area contributed by atoms with E-state index in [2.05, 4.69) is 70.9 Å². The molecule has 2 atom stereocenters. The first-order chi connectivity index (χ1) is 14.5. The molecule has 2 N–H and O–H groups in total. The van der Waals surface area contributed by atoms with Crippen LogP contribution in [0.5, 0.6) is 0 Å². The van der Waals surface area contributed by atoms with Crippen LogP contribution in [0.2, 0.25) is 0 Å². The van der Waals surface area contributed by atoms with Crippen molar-refractivity contribution < 1.29 is 5.11 Å². The molecule has 0 spiro atoms. The van der Waals surface area contributed by atoms with E-state index in [0.29, 0.717) is 18.1 Å². The monoisotopic (exact) mass is 420 g/mol. The van der Waals surface area contributed by atoms with Crippen LogP contribution < -0.4 is 5.32 Å². The van der Waals surface area contributed by atoms with E-state index in [4.69, 9.17) is 12.2 Å². The Morgan fingerprint density at radius 1 is 1.10 bits per heavy atom. The highest BCUT2D eigenvalue weighted by Crippen LogP contribution is 2.41. The average Bonchev–Trinajstić information content (AvgIpc) is 3.23. The largest absolute Gasteiger partial charge is 0.396 e. The van der Waals surface area contributed by atoms with Crippen molar-refractivity contribution in [3.63, 3.8) is 0 Å². The standard InChI is InChI=1S/C24H28N4OS/c1-16-8-10-19(11-9-16)28-17(2)15-20(18(28)3)23-22(21-7-4-5-12-25-21)26-24(30)27(23)13-6-14-29/h4-5,7-12,15,22-23,29H,6,13-14H2,1-3H3,(H,26,30)/t22-,23-/m1/s1. The van der Waals surface area contributed by atoms with Crippen LogP contribution in [0.1, 0.15) is 46.7 Å². The van der Waals surface area contributed by atoms with Crippen LogP contribution in [0, 0.1) is 20.8 Å². The maximum Gasteiger partial charge on any atom is 0.170 e. The lowest BCUT2D eigenvalue weighted by Crippen LogP contribution is -2.31. The van der Waals surface area contributed by atoms with E-state index in [0.717, 1.165) is 11.4 Å². The molecule has 1 aromatic carbocycles. The Bertz CT molecular complexity index is 1030. The highest BCUT2D eigenvalue weighted by atomic mass is 32.1. The summed E-state index contributed by atoms with van der Waals surface area (Å²) in [6.07, 6.45) is 2.49. The fraction of sp³-hybridized carbons (Fsp3) is 0.333. The number of benzene rings is 1. The van der Waals surface area contributed by atoms with Crippen LogP contribution >= 0.6 is 12.2 Å². The molecule has 1 aliphatic rings. The average molecular weight is 421 g/mol. The van der Waals surface area contributed by atoms with Gasteiger partial charge in [0.05, 0.1) is 17.8 Å². The summed E-state index contributed by atoms with van der Waals surface area (Å²) in [5.74, 6) is 0. The minimum absolute atomic E-state index is 0.0179. The molecule has 3 aromatic rings.